The van der Waals surface area contributed by atoms with Crippen LogP contribution >= 0.6 is 0 Å². The van der Waals surface area contributed by atoms with Gasteiger partial charge in [-0.25, -0.2) is 8.78 Å². The molecule has 3 rings (SSSR count). The minimum Gasteiger partial charge on any atom is -0.454 e. The summed E-state index contributed by atoms with van der Waals surface area (Å²) in [5.41, 5.74) is 0.224. The molecule has 3 aromatic rings. The van der Waals surface area contributed by atoms with E-state index >= 15 is 0 Å². The summed E-state index contributed by atoms with van der Waals surface area (Å²) >= 11 is 0. The zero-order valence-electron chi connectivity index (χ0n) is 15.1. The molecule has 0 heterocycles. The van der Waals surface area contributed by atoms with Crippen molar-refractivity contribution in [2.45, 2.75) is 18.7 Å². The molecule has 0 aliphatic heterocycles. The molecule has 0 bridgehead atoms. The van der Waals surface area contributed by atoms with Crippen LogP contribution in [0.1, 0.15) is 17.0 Å². The number of alkyl halides is 3. The smallest absolute Gasteiger partial charge is 0.397 e. The highest BCUT2D eigenvalue weighted by Crippen LogP contribution is 2.35. The van der Waals surface area contributed by atoms with Gasteiger partial charge in [-0.15, -0.1) is 0 Å². The topological polar surface area (TPSA) is 18.5 Å². The molecule has 1 atom stereocenters. The first-order valence-electron chi connectivity index (χ1n) is 8.74. The van der Waals surface area contributed by atoms with Gasteiger partial charge in [-0.3, -0.25) is 0 Å². The van der Waals surface area contributed by atoms with Crippen LogP contribution in [0.25, 0.3) is 0 Å². The van der Waals surface area contributed by atoms with Gasteiger partial charge in [-0.2, -0.15) is 13.2 Å². The van der Waals surface area contributed by atoms with Crippen LogP contribution in [-0.4, -0.2) is 12.8 Å². The van der Waals surface area contributed by atoms with E-state index in [-0.39, 0.29) is 17.9 Å². The van der Waals surface area contributed by atoms with E-state index in [1.807, 2.05) is 0 Å². The summed E-state index contributed by atoms with van der Waals surface area (Å²) in [6, 6.07) is 16.8. The Hall–Kier alpha value is -2.93. The average molecular weight is 408 g/mol. The van der Waals surface area contributed by atoms with E-state index in [4.69, 9.17) is 9.47 Å². The van der Waals surface area contributed by atoms with Gasteiger partial charge < -0.3 is 9.47 Å². The number of rotatable bonds is 7. The number of hydrogen-bond acceptors (Lipinski definition) is 2. The fourth-order valence-electron chi connectivity index (χ4n) is 2.73. The van der Waals surface area contributed by atoms with Gasteiger partial charge >= 0.3 is 6.18 Å². The van der Waals surface area contributed by atoms with Gasteiger partial charge in [0, 0.05) is 0 Å². The summed E-state index contributed by atoms with van der Waals surface area (Å²) in [5.74, 6) is -2.97. The van der Waals surface area contributed by atoms with Crippen LogP contribution in [0, 0.1) is 11.6 Å². The summed E-state index contributed by atoms with van der Waals surface area (Å²) in [4.78, 5) is 0. The molecule has 0 amide bonds. The van der Waals surface area contributed by atoms with Gasteiger partial charge in [0.2, 0.25) is 0 Å². The summed E-state index contributed by atoms with van der Waals surface area (Å²) < 4.78 is 78.0. The van der Waals surface area contributed by atoms with Gasteiger partial charge in [0.1, 0.15) is 17.5 Å². The van der Waals surface area contributed by atoms with E-state index in [0.29, 0.717) is 11.3 Å². The molecule has 0 N–H and O–H groups in total. The monoisotopic (exact) mass is 408 g/mol. The van der Waals surface area contributed by atoms with Gasteiger partial charge in [-0.05, 0) is 47.5 Å². The Labute approximate surface area is 164 Å². The Morgan fingerprint density at radius 1 is 0.828 bits per heavy atom. The van der Waals surface area contributed by atoms with Crippen LogP contribution in [0.3, 0.4) is 0 Å². The maximum Gasteiger partial charge on any atom is 0.397 e. The number of ether oxygens (including phenoxy) is 2. The first kappa shape index (κ1) is 20.8. The normalized spacial score (nSPS) is 12.6. The number of para-hydroxylation sites is 1. The average Bonchev–Trinajstić information content (AvgIpc) is 2.67. The molecule has 0 radical (unpaired) electrons. The predicted molar refractivity (Wildman–Crippen MR) is 97.8 cm³/mol. The zero-order chi connectivity index (χ0) is 20.9. The molecule has 0 fully saturated rings. The highest BCUT2D eigenvalue weighted by molar-refractivity contribution is 5.35. The minimum atomic E-state index is -4.60. The lowest BCUT2D eigenvalue weighted by atomic mass is 9.99. The van der Waals surface area contributed by atoms with Crippen molar-refractivity contribution in [2.24, 2.45) is 0 Å². The lowest BCUT2D eigenvalue weighted by Crippen LogP contribution is -2.25. The molecule has 7 heteroatoms. The first-order chi connectivity index (χ1) is 13.8. The Bertz CT molecular complexity index is 941. The molecule has 29 heavy (non-hydrogen) atoms. The van der Waals surface area contributed by atoms with Crippen molar-refractivity contribution in [2.75, 3.05) is 6.61 Å². The standard InChI is InChI=1S/C22H17F5O2/c23-17-6-4-5-16(12-17)19(22(25,26)27)14-28-13-15-9-10-20(24)21(11-15)29-18-7-2-1-3-8-18/h1-12,19H,13-14H2. The molecular formula is C22H17F5O2. The maximum atomic E-state index is 14.0. The lowest BCUT2D eigenvalue weighted by Gasteiger charge is -2.21. The summed E-state index contributed by atoms with van der Waals surface area (Å²) in [5, 5.41) is 0. The second-order valence-electron chi connectivity index (χ2n) is 6.34. The van der Waals surface area contributed by atoms with E-state index in [1.54, 1.807) is 30.3 Å². The Morgan fingerprint density at radius 2 is 1.59 bits per heavy atom. The van der Waals surface area contributed by atoms with Crippen LogP contribution in [0.5, 0.6) is 11.5 Å². The second kappa shape index (κ2) is 9.05. The molecule has 0 saturated carbocycles. The molecular weight excluding hydrogens is 391 g/mol. The Morgan fingerprint density at radius 3 is 2.28 bits per heavy atom. The molecule has 1 unspecified atom stereocenters. The van der Waals surface area contributed by atoms with Crippen molar-refractivity contribution >= 4 is 0 Å². The second-order valence-corrected chi connectivity index (χ2v) is 6.34. The van der Waals surface area contributed by atoms with E-state index in [1.165, 1.54) is 24.3 Å². The molecule has 3 aromatic carbocycles. The largest absolute Gasteiger partial charge is 0.454 e. The van der Waals surface area contributed by atoms with Crippen LogP contribution in [0.15, 0.2) is 72.8 Å². The molecule has 2 nitrogen and oxygen atoms in total. The van der Waals surface area contributed by atoms with Crippen molar-refractivity contribution in [1.82, 2.24) is 0 Å². The molecule has 0 aliphatic carbocycles. The van der Waals surface area contributed by atoms with Crippen molar-refractivity contribution in [3.63, 3.8) is 0 Å². The van der Waals surface area contributed by atoms with E-state index < -0.39 is 30.3 Å². The van der Waals surface area contributed by atoms with Gasteiger partial charge in [0.15, 0.2) is 11.6 Å². The van der Waals surface area contributed by atoms with Crippen LogP contribution in [0.2, 0.25) is 0 Å². The van der Waals surface area contributed by atoms with Crippen LogP contribution in [0.4, 0.5) is 22.0 Å². The van der Waals surface area contributed by atoms with Crippen molar-refractivity contribution in [3.8, 4) is 11.5 Å². The SMILES string of the molecule is Fc1cccc(C(COCc2ccc(F)c(Oc3ccccc3)c2)C(F)(F)F)c1. The molecule has 0 spiro atoms. The summed E-state index contributed by atoms with van der Waals surface area (Å²) in [7, 11) is 0. The maximum absolute atomic E-state index is 14.0. The van der Waals surface area contributed by atoms with E-state index in [9.17, 15) is 22.0 Å². The van der Waals surface area contributed by atoms with Crippen molar-refractivity contribution in [1.29, 1.82) is 0 Å². The van der Waals surface area contributed by atoms with E-state index in [0.717, 1.165) is 18.2 Å². The molecule has 0 aromatic heterocycles. The Kier molecular flexibility index (Phi) is 6.49. The van der Waals surface area contributed by atoms with E-state index in [2.05, 4.69) is 0 Å². The van der Waals surface area contributed by atoms with Crippen LogP contribution in [-0.2, 0) is 11.3 Å². The lowest BCUT2D eigenvalue weighted by molar-refractivity contribution is -0.163. The molecule has 152 valence electrons. The van der Waals surface area contributed by atoms with Gasteiger partial charge in [0.25, 0.3) is 0 Å². The quantitative estimate of drug-likeness (QED) is 0.409. The number of benzene rings is 3. The van der Waals surface area contributed by atoms with Gasteiger partial charge in [0.05, 0.1) is 13.2 Å². The fourth-order valence-corrected chi connectivity index (χ4v) is 2.73. The number of hydrogen-bond donors (Lipinski definition) is 0. The highest BCUT2D eigenvalue weighted by Gasteiger charge is 2.41. The van der Waals surface area contributed by atoms with Crippen molar-refractivity contribution in [3.05, 3.63) is 95.6 Å². The predicted octanol–water partition coefficient (Wildman–Crippen LogP) is 6.62. The fraction of sp³-hybridized carbons (Fsp3) is 0.182. The molecule has 0 saturated heterocycles. The van der Waals surface area contributed by atoms with Gasteiger partial charge in [-0.1, -0.05) is 36.4 Å². The third-order valence-electron chi connectivity index (χ3n) is 4.17. The summed E-state index contributed by atoms with van der Waals surface area (Å²) in [6.45, 7) is -0.882. The van der Waals surface area contributed by atoms with Crippen molar-refractivity contribution < 1.29 is 31.4 Å². The first-order valence-corrected chi connectivity index (χ1v) is 8.74. The Balaban J connectivity index is 1.68. The summed E-state index contributed by atoms with van der Waals surface area (Å²) in [6.07, 6.45) is -4.60. The number of halogens is 5. The highest BCUT2D eigenvalue weighted by atomic mass is 19.4. The zero-order valence-corrected chi connectivity index (χ0v) is 15.1. The minimum absolute atomic E-state index is 0.0604. The third-order valence-corrected chi connectivity index (χ3v) is 4.17. The molecule has 0 aliphatic rings. The third kappa shape index (κ3) is 5.77. The van der Waals surface area contributed by atoms with Crippen LogP contribution < -0.4 is 4.74 Å².